The van der Waals surface area contributed by atoms with Crippen molar-refractivity contribution >= 4 is 34.6 Å². The first-order chi connectivity index (χ1) is 19.3. The third-order valence-corrected chi connectivity index (χ3v) is 6.25. The van der Waals surface area contributed by atoms with E-state index in [4.69, 9.17) is 18.6 Å². The Labute approximate surface area is 235 Å². The molecule has 0 bridgehead atoms. The van der Waals surface area contributed by atoms with Crippen LogP contribution in [0.3, 0.4) is 0 Å². The predicted octanol–water partition coefficient (Wildman–Crippen LogP) is 6.49. The molecular formula is C32H37NO7. The first-order valence-electron chi connectivity index (χ1n) is 13.5. The molecule has 0 amide bonds. The lowest BCUT2D eigenvalue weighted by Crippen LogP contribution is -2.31. The van der Waals surface area contributed by atoms with Crippen molar-refractivity contribution in [3.8, 4) is 11.3 Å². The minimum Gasteiger partial charge on any atom is -0.463 e. The summed E-state index contributed by atoms with van der Waals surface area (Å²) in [6, 6.07) is 15.5. The fraction of sp³-hybridized carbons (Fsp3) is 0.344. The highest BCUT2D eigenvalue weighted by molar-refractivity contribution is 5.90. The summed E-state index contributed by atoms with van der Waals surface area (Å²) in [5.41, 5.74) is 3.14. The zero-order chi connectivity index (χ0) is 28.9. The van der Waals surface area contributed by atoms with Gasteiger partial charge in [-0.15, -0.1) is 0 Å². The van der Waals surface area contributed by atoms with Crippen molar-refractivity contribution in [2.75, 3.05) is 31.3 Å². The minimum atomic E-state index is -0.461. The first-order valence-corrected chi connectivity index (χ1v) is 13.5. The fourth-order valence-corrected chi connectivity index (χ4v) is 4.10. The van der Waals surface area contributed by atoms with E-state index >= 15 is 0 Å². The van der Waals surface area contributed by atoms with Crippen molar-refractivity contribution in [1.82, 2.24) is 0 Å². The van der Waals surface area contributed by atoms with E-state index < -0.39 is 17.9 Å². The van der Waals surface area contributed by atoms with Crippen molar-refractivity contribution in [2.24, 2.45) is 0 Å². The topological polar surface area (TPSA) is 95.3 Å². The third-order valence-electron chi connectivity index (χ3n) is 6.25. The number of anilines is 1. The number of carbonyl (C=O) groups excluding carboxylic acids is 3. The Morgan fingerprint density at radius 3 is 2.02 bits per heavy atom. The Bertz CT molecular complexity index is 1310. The molecule has 2 aromatic carbocycles. The Hall–Kier alpha value is -4.33. The molecule has 3 aromatic rings. The molecule has 0 aliphatic carbocycles. The first kappa shape index (κ1) is 30.2. The third kappa shape index (κ3) is 8.86. The van der Waals surface area contributed by atoms with Gasteiger partial charge in [0.15, 0.2) is 0 Å². The van der Waals surface area contributed by atoms with E-state index in [0.29, 0.717) is 30.8 Å². The van der Waals surface area contributed by atoms with Gasteiger partial charge in [0.05, 0.1) is 25.4 Å². The molecule has 0 radical (unpaired) electrons. The Balaban J connectivity index is 1.57. The van der Waals surface area contributed by atoms with Crippen molar-refractivity contribution in [2.45, 2.75) is 45.6 Å². The summed E-state index contributed by atoms with van der Waals surface area (Å²) in [5.74, 6) is -0.554. The van der Waals surface area contributed by atoms with Gasteiger partial charge in [-0.3, -0.25) is 0 Å². The Morgan fingerprint density at radius 2 is 1.43 bits per heavy atom. The summed E-state index contributed by atoms with van der Waals surface area (Å²) in [4.78, 5) is 36.9. The molecule has 0 spiro atoms. The monoisotopic (exact) mass is 547 g/mol. The molecule has 212 valence electrons. The number of fused-ring (bicyclic) bond motifs is 1. The molecule has 0 fully saturated rings. The summed E-state index contributed by atoms with van der Waals surface area (Å²) in [6.45, 7) is 12.7. The van der Waals surface area contributed by atoms with Crippen LogP contribution in [0.1, 0.15) is 49.9 Å². The van der Waals surface area contributed by atoms with Gasteiger partial charge in [-0.05, 0) is 69.9 Å². The predicted molar refractivity (Wildman–Crippen MR) is 155 cm³/mol. The van der Waals surface area contributed by atoms with Gasteiger partial charge >= 0.3 is 17.9 Å². The van der Waals surface area contributed by atoms with Crippen LogP contribution >= 0.6 is 0 Å². The highest BCUT2D eigenvalue weighted by atomic mass is 16.5. The number of rotatable bonds is 16. The van der Waals surface area contributed by atoms with Crippen molar-refractivity contribution < 1.29 is 33.0 Å². The van der Waals surface area contributed by atoms with E-state index in [0.717, 1.165) is 47.7 Å². The average Bonchev–Trinajstić information content (AvgIpc) is 3.39. The molecule has 1 heterocycles. The summed E-state index contributed by atoms with van der Waals surface area (Å²) >= 11 is 0. The standard InChI is InChI=1S/C32H37NO7/c1-5-30(34)37-18-8-7-17-33(23(3)4)27-16-15-26-21-28(40-29(26)22-27)24-11-13-25(14-12-24)32(36)39-20-10-9-19-38-31(35)6-2/h5-6,11-16,21-23H,1-2,7-10,17-20H2,3-4H3. The van der Waals surface area contributed by atoms with Crippen molar-refractivity contribution in [1.29, 1.82) is 0 Å². The maximum atomic E-state index is 12.4. The van der Waals surface area contributed by atoms with E-state index in [1.807, 2.05) is 30.3 Å². The molecule has 0 aliphatic heterocycles. The summed E-state index contributed by atoms with van der Waals surface area (Å²) in [7, 11) is 0. The quantitative estimate of drug-likeness (QED) is 0.0869. The second-order valence-corrected chi connectivity index (χ2v) is 9.49. The number of hydrogen-bond acceptors (Lipinski definition) is 8. The van der Waals surface area contributed by atoms with Crippen LogP contribution in [0.15, 0.2) is 78.3 Å². The van der Waals surface area contributed by atoms with Crippen LogP contribution in [0, 0.1) is 0 Å². The number of furan rings is 1. The molecule has 8 nitrogen and oxygen atoms in total. The van der Waals surface area contributed by atoms with Gasteiger partial charge in [0.25, 0.3) is 0 Å². The number of nitrogens with zero attached hydrogens (tertiary/aromatic N) is 1. The SMILES string of the molecule is C=CC(=O)OCCCCOC(=O)c1ccc(-c2cc3ccc(N(CCCCOC(=O)C=C)C(C)C)cc3o2)cc1. The van der Waals surface area contributed by atoms with Gasteiger partial charge in [0.2, 0.25) is 0 Å². The van der Waals surface area contributed by atoms with E-state index in [-0.39, 0.29) is 19.3 Å². The number of carbonyl (C=O) groups is 3. The second kappa shape index (κ2) is 15.3. The van der Waals surface area contributed by atoms with Gasteiger partial charge in [-0.25, -0.2) is 14.4 Å². The summed E-state index contributed by atoms with van der Waals surface area (Å²) in [5, 5.41) is 0.987. The number of ether oxygens (including phenoxy) is 3. The second-order valence-electron chi connectivity index (χ2n) is 9.49. The van der Waals surface area contributed by atoms with Crippen LogP contribution < -0.4 is 4.90 Å². The molecule has 0 atom stereocenters. The Kier molecular flexibility index (Phi) is 11.6. The molecular weight excluding hydrogens is 510 g/mol. The minimum absolute atomic E-state index is 0.244. The van der Waals surface area contributed by atoms with Gasteiger partial charge < -0.3 is 23.5 Å². The molecule has 1 aromatic heterocycles. The highest BCUT2D eigenvalue weighted by Crippen LogP contribution is 2.31. The molecule has 3 rings (SSSR count). The number of esters is 3. The average molecular weight is 548 g/mol. The molecule has 0 unspecified atom stereocenters. The van der Waals surface area contributed by atoms with E-state index in [2.05, 4.69) is 38.0 Å². The molecule has 40 heavy (non-hydrogen) atoms. The lowest BCUT2D eigenvalue weighted by atomic mass is 10.1. The molecule has 0 saturated heterocycles. The highest BCUT2D eigenvalue weighted by Gasteiger charge is 2.14. The molecule has 0 saturated carbocycles. The van der Waals surface area contributed by atoms with Crippen molar-refractivity contribution in [3.63, 3.8) is 0 Å². The van der Waals surface area contributed by atoms with Crippen LogP contribution in [0.5, 0.6) is 0 Å². The van der Waals surface area contributed by atoms with E-state index in [1.165, 1.54) is 6.08 Å². The maximum Gasteiger partial charge on any atom is 0.338 e. The molecule has 8 heteroatoms. The van der Waals surface area contributed by atoms with Crippen LogP contribution in [0.25, 0.3) is 22.3 Å². The smallest absolute Gasteiger partial charge is 0.338 e. The zero-order valence-electron chi connectivity index (χ0n) is 23.2. The van der Waals surface area contributed by atoms with Gasteiger partial charge in [0.1, 0.15) is 11.3 Å². The maximum absolute atomic E-state index is 12.4. The van der Waals surface area contributed by atoms with E-state index in [1.54, 1.807) is 12.1 Å². The zero-order valence-corrected chi connectivity index (χ0v) is 23.2. The van der Waals surface area contributed by atoms with Crippen LogP contribution in [-0.2, 0) is 23.8 Å². The van der Waals surface area contributed by atoms with Crippen LogP contribution in [0.4, 0.5) is 5.69 Å². The van der Waals surface area contributed by atoms with Gasteiger partial charge in [-0.1, -0.05) is 25.3 Å². The van der Waals surface area contributed by atoms with E-state index in [9.17, 15) is 14.4 Å². The van der Waals surface area contributed by atoms with Crippen molar-refractivity contribution in [3.05, 3.63) is 79.4 Å². The summed E-state index contributed by atoms with van der Waals surface area (Å²) < 4.78 is 21.5. The normalized spacial score (nSPS) is 10.8. The van der Waals surface area contributed by atoms with Crippen LogP contribution in [0.2, 0.25) is 0 Å². The van der Waals surface area contributed by atoms with Gasteiger partial charge in [0, 0.05) is 47.4 Å². The molecule has 0 N–H and O–H groups in total. The lowest BCUT2D eigenvalue weighted by Gasteiger charge is -2.29. The van der Waals surface area contributed by atoms with Gasteiger partial charge in [-0.2, -0.15) is 0 Å². The summed E-state index contributed by atoms with van der Waals surface area (Å²) in [6.07, 6.45) is 5.13. The number of hydrogen-bond donors (Lipinski definition) is 0. The number of benzene rings is 2. The van der Waals surface area contributed by atoms with Crippen LogP contribution in [-0.4, -0.2) is 50.3 Å². The Morgan fingerprint density at radius 1 is 0.825 bits per heavy atom. The lowest BCUT2D eigenvalue weighted by molar-refractivity contribution is -0.138. The molecule has 0 aliphatic rings. The largest absolute Gasteiger partial charge is 0.463 e. The number of unbranched alkanes of at least 4 members (excludes halogenated alkanes) is 2. The fourth-order valence-electron chi connectivity index (χ4n) is 4.10.